The summed E-state index contributed by atoms with van der Waals surface area (Å²) in [5.41, 5.74) is 6.48. The van der Waals surface area contributed by atoms with Gasteiger partial charge in [-0.25, -0.2) is 0 Å². The van der Waals surface area contributed by atoms with Crippen molar-refractivity contribution in [2.75, 3.05) is 17.6 Å². The number of fused-ring (bicyclic) bond motifs is 3. The fraction of sp³-hybridized carbons (Fsp3) is 0.464. The topological polar surface area (TPSA) is 77.0 Å². The molecule has 0 radical (unpaired) electrons. The van der Waals surface area contributed by atoms with E-state index >= 15 is 0 Å². The molecule has 36 heavy (non-hydrogen) atoms. The summed E-state index contributed by atoms with van der Waals surface area (Å²) < 4.78 is 0. The maximum atomic E-state index is 13.5. The molecule has 2 amide bonds. The number of nitrogens with zero attached hydrogens (tertiary/aromatic N) is 3. The number of hydrogen-bond donors (Lipinski definition) is 2. The SMILES string of the molecule is CC(C)c1ccc(NC(=O)CSC2=NNC3N(CCc4ccccc4)C(=O)C4CCCCC4N23)cc1. The van der Waals surface area contributed by atoms with E-state index in [2.05, 4.69) is 58.9 Å². The third kappa shape index (κ3) is 5.24. The largest absolute Gasteiger partial charge is 0.325 e. The van der Waals surface area contributed by atoms with Crippen molar-refractivity contribution in [1.29, 1.82) is 0 Å². The standard InChI is InChI=1S/C28H35N5O2S/c1-19(2)21-12-14-22(15-13-21)29-25(34)18-36-28-31-30-27-32(17-16-20-8-4-3-5-9-20)26(35)23-10-6-7-11-24(23)33(27)28/h3-5,8-9,12-15,19,23-24,27,30H,6-7,10-11,16-18H2,1-2H3,(H,29,34). The van der Waals surface area contributed by atoms with Crippen molar-refractivity contribution in [3.8, 4) is 0 Å². The van der Waals surface area contributed by atoms with Gasteiger partial charge in [0.05, 0.1) is 11.7 Å². The van der Waals surface area contributed by atoms with E-state index in [1.165, 1.54) is 22.9 Å². The number of hydrazone groups is 1. The Balaban J connectivity index is 1.24. The Morgan fingerprint density at radius 3 is 2.61 bits per heavy atom. The molecular formula is C28H35N5O2S. The Hall–Kier alpha value is -3.00. The van der Waals surface area contributed by atoms with Gasteiger partial charge in [-0.2, -0.15) is 5.10 Å². The van der Waals surface area contributed by atoms with Gasteiger partial charge < -0.3 is 15.1 Å². The second kappa shape index (κ2) is 10.9. The monoisotopic (exact) mass is 505 g/mol. The molecule has 2 aromatic rings. The number of amidine groups is 1. The summed E-state index contributed by atoms with van der Waals surface area (Å²) in [5.74, 6) is 0.889. The lowest BCUT2D eigenvalue weighted by atomic mass is 9.81. The highest BCUT2D eigenvalue weighted by Gasteiger charge is 2.50. The van der Waals surface area contributed by atoms with Crippen LogP contribution in [0.5, 0.6) is 0 Å². The minimum atomic E-state index is -0.283. The summed E-state index contributed by atoms with van der Waals surface area (Å²) in [5, 5.41) is 8.40. The number of thioether (sulfide) groups is 1. The predicted molar refractivity (Wildman–Crippen MR) is 145 cm³/mol. The van der Waals surface area contributed by atoms with Crippen LogP contribution in [0.25, 0.3) is 0 Å². The first-order chi connectivity index (χ1) is 17.5. The number of carbonyl (C=O) groups is 2. The minimum absolute atomic E-state index is 0.00947. The molecule has 2 N–H and O–H groups in total. The van der Waals surface area contributed by atoms with Crippen LogP contribution in [0.15, 0.2) is 59.7 Å². The first-order valence-corrected chi connectivity index (χ1v) is 14.0. The lowest BCUT2D eigenvalue weighted by molar-refractivity contribution is -0.155. The van der Waals surface area contributed by atoms with Gasteiger partial charge in [-0.15, -0.1) is 0 Å². The smallest absolute Gasteiger partial charge is 0.234 e. The zero-order chi connectivity index (χ0) is 25.1. The zero-order valence-electron chi connectivity index (χ0n) is 21.0. The number of carbonyl (C=O) groups excluding carboxylic acids is 2. The van der Waals surface area contributed by atoms with E-state index in [9.17, 15) is 9.59 Å². The summed E-state index contributed by atoms with van der Waals surface area (Å²) >= 11 is 1.44. The average Bonchev–Trinajstić information content (AvgIpc) is 3.32. The van der Waals surface area contributed by atoms with Gasteiger partial charge in [-0.05, 0) is 48.4 Å². The van der Waals surface area contributed by atoms with Gasteiger partial charge in [0, 0.05) is 18.3 Å². The molecule has 3 aliphatic rings. The molecule has 2 heterocycles. The van der Waals surface area contributed by atoms with Crippen molar-refractivity contribution in [1.82, 2.24) is 15.2 Å². The predicted octanol–water partition coefficient (Wildman–Crippen LogP) is 4.59. The molecule has 1 aliphatic carbocycles. The summed E-state index contributed by atoms with van der Waals surface area (Å²) in [6, 6.07) is 18.4. The molecule has 1 saturated carbocycles. The van der Waals surface area contributed by atoms with Crippen LogP contribution in [0, 0.1) is 5.92 Å². The van der Waals surface area contributed by atoms with Crippen LogP contribution < -0.4 is 10.7 Å². The maximum absolute atomic E-state index is 13.5. The van der Waals surface area contributed by atoms with Crippen LogP contribution in [0.4, 0.5) is 5.69 Å². The van der Waals surface area contributed by atoms with Crippen LogP contribution in [-0.2, 0) is 16.0 Å². The maximum Gasteiger partial charge on any atom is 0.234 e. The summed E-state index contributed by atoms with van der Waals surface area (Å²) in [4.78, 5) is 30.4. The molecule has 0 spiro atoms. The summed E-state index contributed by atoms with van der Waals surface area (Å²) in [6.45, 7) is 4.95. The molecule has 0 aromatic heterocycles. The molecule has 7 nitrogen and oxygen atoms in total. The number of hydrogen-bond acceptors (Lipinski definition) is 6. The van der Waals surface area contributed by atoms with E-state index in [4.69, 9.17) is 0 Å². The highest BCUT2D eigenvalue weighted by molar-refractivity contribution is 8.14. The molecule has 2 fully saturated rings. The third-order valence-corrected chi connectivity index (χ3v) is 8.39. The normalized spacial score (nSPS) is 23.1. The van der Waals surface area contributed by atoms with Crippen LogP contribution in [0.1, 0.15) is 56.6 Å². The fourth-order valence-corrected chi connectivity index (χ4v) is 6.29. The molecule has 3 unspecified atom stereocenters. The molecule has 2 aliphatic heterocycles. The van der Waals surface area contributed by atoms with Crippen molar-refractivity contribution >= 4 is 34.4 Å². The van der Waals surface area contributed by atoms with Crippen molar-refractivity contribution in [3.63, 3.8) is 0 Å². The van der Waals surface area contributed by atoms with Crippen molar-refractivity contribution < 1.29 is 9.59 Å². The average molecular weight is 506 g/mol. The van der Waals surface area contributed by atoms with Gasteiger partial charge in [0.25, 0.3) is 0 Å². The number of anilines is 1. The van der Waals surface area contributed by atoms with Crippen LogP contribution in [0.2, 0.25) is 0 Å². The van der Waals surface area contributed by atoms with Crippen molar-refractivity contribution in [2.45, 2.75) is 64.2 Å². The highest BCUT2D eigenvalue weighted by Crippen LogP contribution is 2.38. The lowest BCUT2D eigenvalue weighted by Gasteiger charge is -2.50. The van der Waals surface area contributed by atoms with Gasteiger partial charge in [-0.3, -0.25) is 15.0 Å². The van der Waals surface area contributed by atoms with Gasteiger partial charge in [0.15, 0.2) is 11.5 Å². The Labute approximate surface area is 217 Å². The van der Waals surface area contributed by atoms with E-state index in [1.54, 1.807) is 0 Å². The molecule has 1 saturated heterocycles. The zero-order valence-corrected chi connectivity index (χ0v) is 21.8. The van der Waals surface area contributed by atoms with Crippen LogP contribution in [0.3, 0.4) is 0 Å². The lowest BCUT2D eigenvalue weighted by Crippen LogP contribution is -2.67. The Morgan fingerprint density at radius 1 is 1.11 bits per heavy atom. The molecule has 190 valence electrons. The van der Waals surface area contributed by atoms with Gasteiger partial charge >= 0.3 is 0 Å². The summed E-state index contributed by atoms with van der Waals surface area (Å²) in [6.07, 6.45) is 4.62. The second-order valence-electron chi connectivity index (χ2n) is 10.1. The molecular weight excluding hydrogens is 470 g/mol. The van der Waals surface area contributed by atoms with Crippen LogP contribution >= 0.6 is 11.8 Å². The quantitative estimate of drug-likeness (QED) is 0.576. The Bertz CT molecular complexity index is 1100. The molecule has 0 bridgehead atoms. The van der Waals surface area contributed by atoms with Gasteiger partial charge in [0.2, 0.25) is 11.8 Å². The minimum Gasteiger partial charge on any atom is -0.325 e. The molecule has 2 aromatic carbocycles. The van der Waals surface area contributed by atoms with E-state index in [-0.39, 0.29) is 35.8 Å². The highest BCUT2D eigenvalue weighted by atomic mass is 32.2. The van der Waals surface area contributed by atoms with E-state index in [1.807, 2.05) is 35.2 Å². The Kier molecular flexibility index (Phi) is 7.51. The van der Waals surface area contributed by atoms with Crippen molar-refractivity contribution in [3.05, 3.63) is 65.7 Å². The van der Waals surface area contributed by atoms with E-state index in [0.29, 0.717) is 12.5 Å². The van der Waals surface area contributed by atoms with Crippen molar-refractivity contribution in [2.24, 2.45) is 11.0 Å². The van der Waals surface area contributed by atoms with Gasteiger partial charge in [0.1, 0.15) is 0 Å². The number of rotatable bonds is 7. The van der Waals surface area contributed by atoms with E-state index < -0.39 is 0 Å². The molecule has 8 heteroatoms. The number of benzene rings is 2. The number of nitrogens with one attached hydrogen (secondary N) is 2. The first kappa shape index (κ1) is 24.7. The first-order valence-electron chi connectivity index (χ1n) is 13.0. The molecule has 3 atom stereocenters. The number of amides is 2. The second-order valence-corrected chi connectivity index (χ2v) is 11.1. The Morgan fingerprint density at radius 2 is 1.86 bits per heavy atom. The summed E-state index contributed by atoms with van der Waals surface area (Å²) in [7, 11) is 0. The van der Waals surface area contributed by atoms with Crippen LogP contribution in [-0.4, -0.2) is 51.4 Å². The fourth-order valence-electron chi connectivity index (χ4n) is 5.46. The third-order valence-electron chi connectivity index (χ3n) is 7.42. The molecule has 5 rings (SSSR count). The van der Waals surface area contributed by atoms with Gasteiger partial charge in [-0.1, -0.05) is 80.9 Å². The van der Waals surface area contributed by atoms with E-state index in [0.717, 1.165) is 43.0 Å².